The second-order valence-electron chi connectivity index (χ2n) is 3.29. The first kappa shape index (κ1) is 11.0. The molecule has 0 radical (unpaired) electrons. The zero-order chi connectivity index (χ0) is 11.5. The molecule has 0 heterocycles. The van der Waals surface area contributed by atoms with Crippen molar-refractivity contribution in [2.75, 3.05) is 0 Å². The van der Waals surface area contributed by atoms with E-state index < -0.39 is 0 Å². The van der Waals surface area contributed by atoms with E-state index in [-0.39, 0.29) is 0 Å². The topological polar surface area (TPSA) is 23.8 Å². The molecule has 0 atom stereocenters. The molecule has 0 spiro atoms. The lowest BCUT2D eigenvalue weighted by Gasteiger charge is -2.06. The Morgan fingerprint density at radius 1 is 0.875 bits per heavy atom. The highest BCUT2D eigenvalue weighted by molar-refractivity contribution is 6.36. The van der Waals surface area contributed by atoms with E-state index in [1.54, 1.807) is 24.3 Å². The lowest BCUT2D eigenvalue weighted by molar-refractivity contribution is 1.48. The standard InChI is InChI=1S/C13H7Cl2N/c14-12-4-2-1-3-10(12)11-7-9(8-16)5-6-13(11)15/h1-7H. The van der Waals surface area contributed by atoms with Crippen LogP contribution in [0.2, 0.25) is 10.0 Å². The maximum Gasteiger partial charge on any atom is 0.0991 e. The lowest BCUT2D eigenvalue weighted by atomic mass is 10.0. The summed E-state index contributed by atoms with van der Waals surface area (Å²) >= 11 is 12.2. The molecule has 16 heavy (non-hydrogen) atoms. The van der Waals surface area contributed by atoms with Gasteiger partial charge in [-0.05, 0) is 24.3 Å². The van der Waals surface area contributed by atoms with Gasteiger partial charge < -0.3 is 0 Å². The molecular formula is C13H7Cl2N. The summed E-state index contributed by atoms with van der Waals surface area (Å²) in [5.41, 5.74) is 2.19. The molecule has 0 N–H and O–H groups in total. The molecule has 0 amide bonds. The molecule has 0 saturated heterocycles. The van der Waals surface area contributed by atoms with Crippen molar-refractivity contribution in [3.63, 3.8) is 0 Å². The van der Waals surface area contributed by atoms with Crippen molar-refractivity contribution >= 4 is 23.2 Å². The molecule has 0 bridgehead atoms. The zero-order valence-corrected chi connectivity index (χ0v) is 9.76. The van der Waals surface area contributed by atoms with Gasteiger partial charge in [0.25, 0.3) is 0 Å². The summed E-state index contributed by atoms with van der Waals surface area (Å²) in [6, 6.07) is 14.6. The van der Waals surface area contributed by atoms with Gasteiger partial charge in [0.1, 0.15) is 0 Å². The molecule has 0 aliphatic carbocycles. The van der Waals surface area contributed by atoms with E-state index in [1.165, 1.54) is 0 Å². The normalized spacial score (nSPS) is 9.81. The van der Waals surface area contributed by atoms with E-state index in [9.17, 15) is 0 Å². The van der Waals surface area contributed by atoms with Gasteiger partial charge in [0.15, 0.2) is 0 Å². The number of hydrogen-bond acceptors (Lipinski definition) is 1. The largest absolute Gasteiger partial charge is 0.192 e. The summed E-state index contributed by atoms with van der Waals surface area (Å²) in [6.45, 7) is 0. The van der Waals surface area contributed by atoms with Crippen LogP contribution in [0.4, 0.5) is 0 Å². The molecule has 2 rings (SSSR count). The highest BCUT2D eigenvalue weighted by atomic mass is 35.5. The van der Waals surface area contributed by atoms with Crippen molar-refractivity contribution in [1.82, 2.24) is 0 Å². The smallest absolute Gasteiger partial charge is 0.0991 e. The summed E-state index contributed by atoms with van der Waals surface area (Å²) in [6.07, 6.45) is 0. The van der Waals surface area contributed by atoms with Gasteiger partial charge in [-0.1, -0.05) is 41.4 Å². The highest BCUT2D eigenvalue weighted by Crippen LogP contribution is 2.33. The molecule has 0 aliphatic heterocycles. The van der Waals surface area contributed by atoms with E-state index >= 15 is 0 Å². The van der Waals surface area contributed by atoms with Gasteiger partial charge >= 0.3 is 0 Å². The maximum absolute atomic E-state index is 8.84. The third-order valence-corrected chi connectivity index (χ3v) is 2.92. The van der Waals surface area contributed by atoms with Crippen LogP contribution in [0.15, 0.2) is 42.5 Å². The minimum Gasteiger partial charge on any atom is -0.192 e. The van der Waals surface area contributed by atoms with Crippen molar-refractivity contribution in [3.8, 4) is 17.2 Å². The van der Waals surface area contributed by atoms with Crippen LogP contribution in [0.5, 0.6) is 0 Å². The van der Waals surface area contributed by atoms with Gasteiger partial charge in [-0.15, -0.1) is 0 Å². The Morgan fingerprint density at radius 3 is 2.25 bits per heavy atom. The number of benzene rings is 2. The van der Waals surface area contributed by atoms with Gasteiger partial charge in [0.05, 0.1) is 11.6 Å². The molecule has 3 heteroatoms. The van der Waals surface area contributed by atoms with Crippen molar-refractivity contribution in [2.24, 2.45) is 0 Å². The number of nitriles is 1. The Balaban J connectivity index is 2.65. The van der Waals surface area contributed by atoms with Crippen molar-refractivity contribution in [1.29, 1.82) is 5.26 Å². The highest BCUT2D eigenvalue weighted by Gasteiger charge is 2.07. The van der Waals surface area contributed by atoms with Crippen LogP contribution in [0.1, 0.15) is 5.56 Å². The molecule has 0 aliphatic rings. The first-order valence-electron chi connectivity index (χ1n) is 4.67. The molecule has 78 valence electrons. The van der Waals surface area contributed by atoms with Crippen LogP contribution in [-0.2, 0) is 0 Å². The summed E-state index contributed by atoms with van der Waals surface area (Å²) < 4.78 is 0. The summed E-state index contributed by atoms with van der Waals surface area (Å²) in [5, 5.41) is 10.1. The third kappa shape index (κ3) is 2.04. The Hall–Kier alpha value is -1.49. The van der Waals surface area contributed by atoms with Crippen LogP contribution >= 0.6 is 23.2 Å². The second-order valence-corrected chi connectivity index (χ2v) is 4.10. The third-order valence-electron chi connectivity index (χ3n) is 2.26. The summed E-state index contributed by atoms with van der Waals surface area (Å²) in [7, 11) is 0. The van der Waals surface area contributed by atoms with E-state index in [2.05, 4.69) is 6.07 Å². The van der Waals surface area contributed by atoms with E-state index in [0.717, 1.165) is 11.1 Å². The molecule has 0 saturated carbocycles. The molecule has 2 aromatic carbocycles. The Morgan fingerprint density at radius 2 is 1.56 bits per heavy atom. The minimum atomic E-state index is 0.569. The molecule has 1 nitrogen and oxygen atoms in total. The number of nitrogens with zero attached hydrogens (tertiary/aromatic N) is 1. The van der Waals surface area contributed by atoms with Gasteiger partial charge in [-0.3, -0.25) is 0 Å². The molecule has 0 aromatic heterocycles. The Labute approximate surface area is 104 Å². The van der Waals surface area contributed by atoms with Crippen LogP contribution < -0.4 is 0 Å². The monoisotopic (exact) mass is 247 g/mol. The van der Waals surface area contributed by atoms with Crippen LogP contribution in [0.25, 0.3) is 11.1 Å². The fraction of sp³-hybridized carbons (Fsp3) is 0. The van der Waals surface area contributed by atoms with E-state index in [4.69, 9.17) is 28.5 Å². The predicted octanol–water partition coefficient (Wildman–Crippen LogP) is 4.53. The van der Waals surface area contributed by atoms with Crippen LogP contribution in [0.3, 0.4) is 0 Å². The van der Waals surface area contributed by atoms with Crippen LogP contribution in [0, 0.1) is 11.3 Å². The quantitative estimate of drug-likeness (QED) is 0.727. The average molecular weight is 248 g/mol. The van der Waals surface area contributed by atoms with Gasteiger partial charge in [0, 0.05) is 21.2 Å². The number of rotatable bonds is 1. The van der Waals surface area contributed by atoms with Gasteiger partial charge in [-0.2, -0.15) is 5.26 Å². The van der Waals surface area contributed by atoms with Crippen LogP contribution in [-0.4, -0.2) is 0 Å². The molecule has 0 unspecified atom stereocenters. The summed E-state index contributed by atoms with van der Waals surface area (Å²) in [5.74, 6) is 0. The maximum atomic E-state index is 8.84. The molecule has 2 aromatic rings. The SMILES string of the molecule is N#Cc1ccc(Cl)c(-c2ccccc2Cl)c1. The number of halogens is 2. The average Bonchev–Trinajstić information content (AvgIpc) is 2.31. The lowest BCUT2D eigenvalue weighted by Crippen LogP contribution is -1.83. The van der Waals surface area contributed by atoms with Crippen molar-refractivity contribution < 1.29 is 0 Å². The Kier molecular flexibility index (Phi) is 3.14. The first-order valence-corrected chi connectivity index (χ1v) is 5.42. The number of hydrogen-bond donors (Lipinski definition) is 0. The fourth-order valence-corrected chi connectivity index (χ4v) is 1.94. The van der Waals surface area contributed by atoms with Crippen molar-refractivity contribution in [2.45, 2.75) is 0 Å². The van der Waals surface area contributed by atoms with E-state index in [0.29, 0.717) is 15.6 Å². The van der Waals surface area contributed by atoms with Gasteiger partial charge in [0.2, 0.25) is 0 Å². The van der Waals surface area contributed by atoms with Crippen molar-refractivity contribution in [3.05, 3.63) is 58.1 Å². The van der Waals surface area contributed by atoms with E-state index in [1.807, 2.05) is 18.2 Å². The second kappa shape index (κ2) is 4.57. The zero-order valence-electron chi connectivity index (χ0n) is 8.24. The molecule has 0 fully saturated rings. The molecular weight excluding hydrogens is 241 g/mol. The first-order chi connectivity index (χ1) is 7.72. The Bertz CT molecular complexity index is 570. The minimum absolute atomic E-state index is 0.569. The van der Waals surface area contributed by atoms with Gasteiger partial charge in [-0.25, -0.2) is 0 Å². The fourth-order valence-electron chi connectivity index (χ4n) is 1.48. The predicted molar refractivity (Wildman–Crippen MR) is 66.6 cm³/mol. The summed E-state index contributed by atoms with van der Waals surface area (Å²) in [4.78, 5) is 0.